The summed E-state index contributed by atoms with van der Waals surface area (Å²) in [5.41, 5.74) is 6.95. The maximum atomic E-state index is 11.6. The van der Waals surface area contributed by atoms with E-state index in [1.54, 1.807) is 24.3 Å². The molecule has 0 radical (unpaired) electrons. The topological polar surface area (TPSA) is 86.5 Å². The van der Waals surface area contributed by atoms with Crippen molar-refractivity contribution in [1.82, 2.24) is 0 Å². The Balaban J connectivity index is 1.90. The normalized spacial score (nSPS) is 21.7. The Hall–Kier alpha value is -1.56. The molecule has 18 heavy (non-hydrogen) atoms. The van der Waals surface area contributed by atoms with E-state index in [0.717, 1.165) is 5.56 Å². The number of ether oxygens (including phenoxy) is 1. The summed E-state index contributed by atoms with van der Waals surface area (Å²) in [4.78, 5) is 11.6. The summed E-state index contributed by atoms with van der Waals surface area (Å²) < 4.78 is 27.6. The van der Waals surface area contributed by atoms with Crippen LogP contribution in [0.1, 0.15) is 12.0 Å². The van der Waals surface area contributed by atoms with Crippen molar-refractivity contribution in [2.45, 2.75) is 18.9 Å². The van der Waals surface area contributed by atoms with Gasteiger partial charge >= 0.3 is 5.97 Å². The van der Waals surface area contributed by atoms with E-state index < -0.39 is 21.9 Å². The summed E-state index contributed by atoms with van der Waals surface area (Å²) in [5, 5.41) is 0. The van der Waals surface area contributed by atoms with Gasteiger partial charge in [-0.1, -0.05) is 12.1 Å². The predicted octanol–water partition coefficient (Wildman–Crippen LogP) is 0.542. The number of benzene rings is 1. The quantitative estimate of drug-likeness (QED) is 0.639. The van der Waals surface area contributed by atoms with Crippen LogP contribution in [0.15, 0.2) is 24.3 Å². The van der Waals surface area contributed by atoms with E-state index in [1.165, 1.54) is 0 Å². The van der Waals surface area contributed by atoms with Gasteiger partial charge in [-0.15, -0.1) is 0 Å². The number of rotatable bonds is 3. The second kappa shape index (κ2) is 4.97. The van der Waals surface area contributed by atoms with Crippen LogP contribution in [-0.2, 0) is 25.8 Å². The van der Waals surface area contributed by atoms with Crippen molar-refractivity contribution in [3.63, 3.8) is 0 Å². The maximum absolute atomic E-state index is 11.6. The highest BCUT2D eigenvalue weighted by molar-refractivity contribution is 7.91. The number of esters is 1. The molecule has 98 valence electrons. The molecule has 1 aliphatic heterocycles. The number of anilines is 1. The van der Waals surface area contributed by atoms with Gasteiger partial charge in [-0.05, 0) is 24.1 Å². The van der Waals surface area contributed by atoms with Gasteiger partial charge in [0.2, 0.25) is 0 Å². The molecule has 2 rings (SSSR count). The molecule has 1 aromatic carbocycles. The average Bonchev–Trinajstić information content (AvgIpc) is 2.57. The second-order valence-electron chi connectivity index (χ2n) is 4.44. The molecular weight excluding hydrogens is 254 g/mol. The van der Waals surface area contributed by atoms with E-state index in [4.69, 9.17) is 10.5 Å². The minimum Gasteiger partial charge on any atom is -0.461 e. The first-order chi connectivity index (χ1) is 8.44. The Morgan fingerprint density at radius 2 is 2.22 bits per heavy atom. The molecular formula is C12H15NO4S. The van der Waals surface area contributed by atoms with Crippen LogP contribution < -0.4 is 5.73 Å². The number of hydrogen-bond donors (Lipinski definition) is 1. The number of carbonyl (C=O) groups is 1. The first kappa shape index (κ1) is 12.9. The smallest absolute Gasteiger partial charge is 0.310 e. The van der Waals surface area contributed by atoms with Crippen molar-refractivity contribution in [2.75, 3.05) is 17.2 Å². The van der Waals surface area contributed by atoms with E-state index in [0.29, 0.717) is 12.1 Å². The third-order valence-electron chi connectivity index (χ3n) is 2.79. The molecule has 1 unspecified atom stereocenters. The van der Waals surface area contributed by atoms with Crippen LogP contribution >= 0.6 is 0 Å². The Morgan fingerprint density at radius 3 is 2.83 bits per heavy atom. The minimum absolute atomic E-state index is 0.0599. The van der Waals surface area contributed by atoms with Gasteiger partial charge in [-0.3, -0.25) is 4.79 Å². The van der Waals surface area contributed by atoms with Crippen LogP contribution in [0.3, 0.4) is 0 Å². The van der Waals surface area contributed by atoms with Gasteiger partial charge in [0, 0.05) is 5.69 Å². The zero-order chi connectivity index (χ0) is 13.2. The Morgan fingerprint density at radius 1 is 1.44 bits per heavy atom. The van der Waals surface area contributed by atoms with Gasteiger partial charge in [0.1, 0.15) is 6.10 Å². The summed E-state index contributed by atoms with van der Waals surface area (Å²) in [6.45, 7) is 0. The van der Waals surface area contributed by atoms with Crippen molar-refractivity contribution in [3.05, 3.63) is 29.8 Å². The van der Waals surface area contributed by atoms with Gasteiger partial charge in [0.25, 0.3) is 0 Å². The maximum Gasteiger partial charge on any atom is 0.310 e. The van der Waals surface area contributed by atoms with Crippen molar-refractivity contribution in [3.8, 4) is 0 Å². The van der Waals surface area contributed by atoms with Crippen LogP contribution in [0.4, 0.5) is 5.69 Å². The Kier molecular flexibility index (Phi) is 3.56. The van der Waals surface area contributed by atoms with Crippen molar-refractivity contribution >= 4 is 21.5 Å². The number of carbonyl (C=O) groups excluding carboxylic acids is 1. The van der Waals surface area contributed by atoms with Crippen LogP contribution in [0.2, 0.25) is 0 Å². The van der Waals surface area contributed by atoms with Crippen LogP contribution in [0.25, 0.3) is 0 Å². The van der Waals surface area contributed by atoms with E-state index in [2.05, 4.69) is 0 Å². The summed E-state index contributed by atoms with van der Waals surface area (Å²) in [7, 11) is -3.02. The Bertz CT molecular complexity index is 553. The van der Waals surface area contributed by atoms with Crippen molar-refractivity contribution in [2.24, 2.45) is 0 Å². The molecule has 1 saturated heterocycles. The molecule has 2 N–H and O–H groups in total. The summed E-state index contributed by atoms with van der Waals surface area (Å²) >= 11 is 0. The molecule has 1 atom stereocenters. The Labute approximate surface area is 106 Å². The van der Waals surface area contributed by atoms with Gasteiger partial charge in [-0.25, -0.2) is 8.42 Å². The number of nitrogens with two attached hydrogens (primary N) is 1. The SMILES string of the molecule is Nc1cccc(CC(=O)OC2CCS(=O)(=O)C2)c1. The molecule has 0 bridgehead atoms. The molecule has 1 heterocycles. The summed E-state index contributed by atoms with van der Waals surface area (Å²) in [6, 6.07) is 6.98. The largest absolute Gasteiger partial charge is 0.461 e. The molecule has 0 spiro atoms. The highest BCUT2D eigenvalue weighted by atomic mass is 32.2. The fraction of sp³-hybridized carbons (Fsp3) is 0.417. The van der Waals surface area contributed by atoms with Crippen LogP contribution in [-0.4, -0.2) is 32.0 Å². The lowest BCUT2D eigenvalue weighted by Gasteiger charge is -2.10. The van der Waals surface area contributed by atoms with Crippen molar-refractivity contribution < 1.29 is 17.9 Å². The predicted molar refractivity (Wildman–Crippen MR) is 67.7 cm³/mol. The van der Waals surface area contributed by atoms with E-state index in [-0.39, 0.29) is 17.9 Å². The highest BCUT2D eigenvalue weighted by Crippen LogP contribution is 2.16. The van der Waals surface area contributed by atoms with Gasteiger partial charge < -0.3 is 10.5 Å². The second-order valence-corrected chi connectivity index (χ2v) is 6.67. The van der Waals surface area contributed by atoms with Gasteiger partial charge in [0.15, 0.2) is 9.84 Å². The lowest BCUT2D eigenvalue weighted by molar-refractivity contribution is -0.146. The zero-order valence-corrected chi connectivity index (χ0v) is 10.7. The molecule has 0 saturated carbocycles. The standard InChI is InChI=1S/C12H15NO4S/c13-10-3-1-2-9(6-10)7-12(14)17-11-4-5-18(15,16)8-11/h1-3,6,11H,4-5,7-8,13H2. The molecule has 0 aromatic heterocycles. The lowest BCUT2D eigenvalue weighted by atomic mass is 10.1. The summed E-state index contributed by atoms with van der Waals surface area (Å²) in [6.07, 6.45) is 0.00983. The monoisotopic (exact) mass is 269 g/mol. The number of hydrogen-bond acceptors (Lipinski definition) is 5. The third-order valence-corrected chi connectivity index (χ3v) is 4.53. The van der Waals surface area contributed by atoms with Crippen LogP contribution in [0.5, 0.6) is 0 Å². The lowest BCUT2D eigenvalue weighted by Crippen LogP contribution is -2.20. The first-order valence-electron chi connectivity index (χ1n) is 5.69. The van der Waals surface area contributed by atoms with E-state index in [1.807, 2.05) is 0 Å². The average molecular weight is 269 g/mol. The third kappa shape index (κ3) is 3.46. The highest BCUT2D eigenvalue weighted by Gasteiger charge is 2.30. The molecule has 5 nitrogen and oxygen atoms in total. The van der Waals surface area contributed by atoms with Gasteiger partial charge in [0.05, 0.1) is 17.9 Å². The van der Waals surface area contributed by atoms with E-state index >= 15 is 0 Å². The first-order valence-corrected chi connectivity index (χ1v) is 7.51. The van der Waals surface area contributed by atoms with Crippen LogP contribution in [0, 0.1) is 0 Å². The summed E-state index contributed by atoms with van der Waals surface area (Å²) in [5.74, 6) is -0.374. The number of sulfone groups is 1. The fourth-order valence-electron chi connectivity index (χ4n) is 1.95. The minimum atomic E-state index is -3.02. The van der Waals surface area contributed by atoms with Crippen molar-refractivity contribution in [1.29, 1.82) is 0 Å². The molecule has 6 heteroatoms. The molecule has 0 amide bonds. The van der Waals surface area contributed by atoms with Gasteiger partial charge in [-0.2, -0.15) is 0 Å². The molecule has 0 aliphatic carbocycles. The molecule has 1 aliphatic rings. The molecule has 1 aromatic rings. The fourth-order valence-corrected chi connectivity index (χ4v) is 3.54. The number of nitrogen functional groups attached to an aromatic ring is 1. The zero-order valence-electron chi connectivity index (χ0n) is 9.83. The van der Waals surface area contributed by atoms with E-state index in [9.17, 15) is 13.2 Å². The molecule has 1 fully saturated rings.